The van der Waals surface area contributed by atoms with Crippen molar-refractivity contribution < 1.29 is 23.9 Å². The third-order valence-electron chi connectivity index (χ3n) is 8.15. The molecular formula is C26H44N4O5S4. The van der Waals surface area contributed by atoms with E-state index < -0.39 is 18.2 Å². The molecule has 0 spiro atoms. The van der Waals surface area contributed by atoms with E-state index in [1.807, 2.05) is 24.3 Å². The van der Waals surface area contributed by atoms with Crippen LogP contribution in [0.1, 0.15) is 36.0 Å². The molecule has 222 valence electrons. The smallest absolute Gasteiger partial charge is 0.251 e. The van der Waals surface area contributed by atoms with E-state index in [1.54, 1.807) is 12.0 Å². The van der Waals surface area contributed by atoms with Crippen molar-refractivity contribution in [3.63, 3.8) is 0 Å². The van der Waals surface area contributed by atoms with Gasteiger partial charge in [0.25, 0.3) is 5.91 Å². The van der Waals surface area contributed by atoms with Gasteiger partial charge in [-0.1, -0.05) is 12.8 Å². The maximum Gasteiger partial charge on any atom is 0.251 e. The number of fused-ring (bicyclic) bond motifs is 1. The highest BCUT2D eigenvalue weighted by atomic mass is 32.1. The number of methoxy groups -OCH3 is 1. The molecule has 9 nitrogen and oxygen atoms in total. The van der Waals surface area contributed by atoms with E-state index in [0.717, 1.165) is 57.5 Å². The molecule has 0 bridgehead atoms. The van der Waals surface area contributed by atoms with Crippen molar-refractivity contribution in [2.24, 2.45) is 5.92 Å². The number of Topliss-reactive ketones (excluding diaryl/α,β-unsaturated/α-hetero) is 1. The van der Waals surface area contributed by atoms with Crippen molar-refractivity contribution in [1.29, 1.82) is 0 Å². The second-order valence-electron chi connectivity index (χ2n) is 10.3. The zero-order valence-electron chi connectivity index (χ0n) is 22.7. The molecule has 1 aliphatic carbocycles. The molecule has 0 unspecified atom stereocenters. The number of likely N-dealkylation sites (N-methyl/N-ethyl adjacent to an activating group) is 1. The Morgan fingerprint density at radius 1 is 1.00 bits per heavy atom. The van der Waals surface area contributed by atoms with Crippen molar-refractivity contribution in [2.45, 2.75) is 50.0 Å². The number of hydrogen-bond acceptors (Lipinski definition) is 7. The van der Waals surface area contributed by atoms with Crippen LogP contribution in [0.15, 0.2) is 24.3 Å². The highest BCUT2D eigenvalue weighted by Gasteiger charge is 2.54. The molecule has 3 aliphatic heterocycles. The number of piperazine rings is 1. The summed E-state index contributed by atoms with van der Waals surface area (Å²) in [7, 11) is 3.70. The fourth-order valence-corrected chi connectivity index (χ4v) is 6.01. The van der Waals surface area contributed by atoms with Crippen LogP contribution >= 0.6 is 54.0 Å². The minimum Gasteiger partial charge on any atom is -0.377 e. The first-order valence-corrected chi connectivity index (χ1v) is 12.8. The number of ether oxygens (including phenoxy) is 2. The highest BCUT2D eigenvalue weighted by molar-refractivity contribution is 7.59. The lowest BCUT2D eigenvalue weighted by atomic mass is 9.95. The number of anilines is 1. The van der Waals surface area contributed by atoms with Gasteiger partial charge in [0.1, 0.15) is 30.9 Å². The molecule has 4 fully saturated rings. The molecule has 0 aromatic heterocycles. The molecular weight excluding hydrogens is 577 g/mol. The van der Waals surface area contributed by atoms with E-state index >= 15 is 0 Å². The van der Waals surface area contributed by atoms with Gasteiger partial charge in [0, 0.05) is 44.5 Å². The maximum absolute atomic E-state index is 13.8. The monoisotopic (exact) mass is 620 g/mol. The molecule has 4 aliphatic rings. The van der Waals surface area contributed by atoms with Crippen LogP contribution in [0.2, 0.25) is 0 Å². The first-order valence-electron chi connectivity index (χ1n) is 12.8. The van der Waals surface area contributed by atoms with Gasteiger partial charge in [0.15, 0.2) is 5.78 Å². The topological polar surface area (TPSA) is 91.4 Å². The average molecular weight is 621 g/mol. The molecule has 1 N–H and O–H groups in total. The van der Waals surface area contributed by atoms with Gasteiger partial charge in [-0.25, -0.2) is 0 Å². The standard InChI is InChI=1S/C26H36N4O5.4H2S/c1-28-11-13-29(14-12-28)19-9-7-18(8-10-19)25(32)27-22(17-5-3-4-6-17)26(33)30-15-21(34-2)24-23(30)20(31)16-35-24;;;;/h7-10,17,21-24H,3-6,11-16H2,1-2H3,(H,27,32);4*1H2/t21-,22-,23+,24+;;;;/m0..../s1. The summed E-state index contributed by atoms with van der Waals surface area (Å²) in [5, 5.41) is 3.04. The second kappa shape index (κ2) is 15.8. The summed E-state index contributed by atoms with van der Waals surface area (Å²) in [5.41, 5.74) is 1.64. The number of carbonyl (C=O) groups excluding carboxylic acids is 3. The number of nitrogens with one attached hydrogen (secondary N) is 1. The number of rotatable bonds is 6. The number of hydrogen-bond donors (Lipinski definition) is 1. The normalized spacial score (nSPS) is 25.5. The Kier molecular flexibility index (Phi) is 14.5. The Morgan fingerprint density at radius 2 is 1.62 bits per heavy atom. The van der Waals surface area contributed by atoms with Gasteiger partial charge in [-0.05, 0) is 50.1 Å². The zero-order chi connectivity index (χ0) is 24.5. The largest absolute Gasteiger partial charge is 0.377 e. The minimum atomic E-state index is -0.660. The number of benzene rings is 1. The van der Waals surface area contributed by atoms with Crippen molar-refractivity contribution >= 4 is 77.3 Å². The number of nitrogens with zero attached hydrogens (tertiary/aromatic N) is 3. The Bertz CT molecular complexity index is 958. The summed E-state index contributed by atoms with van der Waals surface area (Å²) in [4.78, 5) is 45.8. The maximum atomic E-state index is 13.8. The average Bonchev–Trinajstić information content (AvgIpc) is 3.62. The van der Waals surface area contributed by atoms with Crippen LogP contribution < -0.4 is 10.2 Å². The molecule has 39 heavy (non-hydrogen) atoms. The van der Waals surface area contributed by atoms with Crippen LogP contribution in [-0.4, -0.2) is 105 Å². The van der Waals surface area contributed by atoms with Gasteiger partial charge in [0.2, 0.25) is 5.91 Å². The lowest BCUT2D eigenvalue weighted by Crippen LogP contribution is -2.54. The fraction of sp³-hybridized carbons (Fsp3) is 0.654. The van der Waals surface area contributed by atoms with E-state index in [-0.39, 0.29) is 90.2 Å². The summed E-state index contributed by atoms with van der Waals surface area (Å²) >= 11 is 0. The summed E-state index contributed by atoms with van der Waals surface area (Å²) in [6, 6.07) is 6.34. The summed E-state index contributed by atoms with van der Waals surface area (Å²) in [6.07, 6.45) is 3.09. The van der Waals surface area contributed by atoms with E-state index in [1.165, 1.54) is 0 Å². The van der Waals surface area contributed by atoms with Crippen LogP contribution in [0, 0.1) is 5.92 Å². The number of carbonyl (C=O) groups is 3. The van der Waals surface area contributed by atoms with Gasteiger partial charge < -0.3 is 29.5 Å². The van der Waals surface area contributed by atoms with Gasteiger partial charge in [-0.15, -0.1) is 0 Å². The quantitative estimate of drug-likeness (QED) is 0.514. The molecule has 4 atom stereocenters. The SMILES string of the molecule is CO[C@H]1CN(C(=O)[C@@H](NC(=O)c2ccc(N3CCN(C)CC3)cc2)C2CCCC2)[C@@H]2C(=O)CO[C@H]12.S.S.S.S. The second-order valence-corrected chi connectivity index (χ2v) is 10.3. The Labute approximate surface area is 259 Å². The third-order valence-corrected chi connectivity index (χ3v) is 8.15. The van der Waals surface area contributed by atoms with Crippen LogP contribution in [0.3, 0.4) is 0 Å². The Morgan fingerprint density at radius 3 is 2.21 bits per heavy atom. The van der Waals surface area contributed by atoms with Gasteiger partial charge in [-0.2, -0.15) is 54.0 Å². The lowest BCUT2D eigenvalue weighted by molar-refractivity contribution is -0.139. The molecule has 1 aromatic carbocycles. The number of amides is 2. The van der Waals surface area contributed by atoms with E-state index in [9.17, 15) is 14.4 Å². The van der Waals surface area contributed by atoms with Crippen LogP contribution in [0.25, 0.3) is 0 Å². The summed E-state index contributed by atoms with van der Waals surface area (Å²) < 4.78 is 11.1. The predicted molar refractivity (Wildman–Crippen MR) is 172 cm³/mol. The van der Waals surface area contributed by atoms with Gasteiger partial charge >= 0.3 is 0 Å². The first-order chi connectivity index (χ1) is 17.0. The molecule has 5 rings (SSSR count). The molecule has 1 saturated carbocycles. The zero-order valence-corrected chi connectivity index (χ0v) is 26.7. The van der Waals surface area contributed by atoms with Crippen molar-refractivity contribution in [3.05, 3.63) is 29.8 Å². The van der Waals surface area contributed by atoms with Crippen LogP contribution in [0.5, 0.6) is 0 Å². The van der Waals surface area contributed by atoms with Crippen molar-refractivity contribution in [3.8, 4) is 0 Å². The first kappa shape index (κ1) is 35.9. The molecule has 13 heteroatoms. The number of likely N-dealkylation sites (tertiary alicyclic amines) is 1. The summed E-state index contributed by atoms with van der Waals surface area (Å²) in [5.74, 6) is -0.492. The molecule has 3 saturated heterocycles. The fourth-order valence-electron chi connectivity index (χ4n) is 6.01. The molecule has 3 heterocycles. The highest BCUT2D eigenvalue weighted by Crippen LogP contribution is 2.33. The van der Waals surface area contributed by atoms with Gasteiger partial charge in [-0.3, -0.25) is 14.4 Å². The summed E-state index contributed by atoms with van der Waals surface area (Å²) in [6.45, 7) is 4.26. The minimum absolute atomic E-state index is 0. The van der Waals surface area contributed by atoms with E-state index in [2.05, 4.69) is 22.2 Å². The van der Waals surface area contributed by atoms with Crippen molar-refractivity contribution in [1.82, 2.24) is 15.1 Å². The van der Waals surface area contributed by atoms with E-state index in [0.29, 0.717) is 12.1 Å². The predicted octanol–water partition coefficient (Wildman–Crippen LogP) is 1.37. The lowest BCUT2D eigenvalue weighted by Gasteiger charge is -2.34. The van der Waals surface area contributed by atoms with Crippen molar-refractivity contribution in [2.75, 3.05) is 58.4 Å². The van der Waals surface area contributed by atoms with Gasteiger partial charge in [0.05, 0.1) is 6.54 Å². The molecule has 0 radical (unpaired) electrons. The Hall–Kier alpha value is -1.09. The Balaban J connectivity index is 0.00000190. The number of ketones is 1. The van der Waals surface area contributed by atoms with Crippen LogP contribution in [0.4, 0.5) is 5.69 Å². The van der Waals surface area contributed by atoms with Crippen LogP contribution in [-0.2, 0) is 19.1 Å². The molecule has 1 aromatic rings. The van der Waals surface area contributed by atoms with E-state index in [4.69, 9.17) is 9.47 Å². The molecule has 2 amide bonds. The third kappa shape index (κ3) is 7.60.